The predicted octanol–water partition coefficient (Wildman–Crippen LogP) is 5.73. The van der Waals surface area contributed by atoms with Gasteiger partial charge in [0.25, 0.3) is 0 Å². The van der Waals surface area contributed by atoms with E-state index in [4.69, 9.17) is 10.2 Å². The van der Waals surface area contributed by atoms with E-state index >= 15 is 0 Å². The summed E-state index contributed by atoms with van der Waals surface area (Å²) in [4.78, 5) is 18.5. The average Bonchev–Trinajstić information content (AvgIpc) is 3.01. The first-order valence-electron chi connectivity index (χ1n) is 12.3. The molecule has 32 heavy (non-hydrogen) atoms. The van der Waals surface area contributed by atoms with Crippen LogP contribution >= 0.6 is 0 Å². The summed E-state index contributed by atoms with van der Waals surface area (Å²) in [6, 6.07) is 0. The van der Waals surface area contributed by atoms with Gasteiger partial charge < -0.3 is 20.4 Å². The molecule has 0 amide bonds. The fourth-order valence-corrected chi connectivity index (χ4v) is 5.23. The molecule has 0 spiro atoms. The van der Waals surface area contributed by atoms with Crippen molar-refractivity contribution in [1.82, 2.24) is 0 Å². The molecular formula is C26H46O6. The summed E-state index contributed by atoms with van der Waals surface area (Å²) in [6.07, 6.45) is 21.8. The zero-order valence-electron chi connectivity index (χ0n) is 19.9. The highest BCUT2D eigenvalue weighted by atomic mass is 16.4. The zero-order chi connectivity index (χ0) is 24.3. The molecule has 0 radical (unpaired) electrons. The highest BCUT2D eigenvalue weighted by Crippen LogP contribution is 2.53. The van der Waals surface area contributed by atoms with Gasteiger partial charge in [-0.3, -0.25) is 0 Å². The van der Waals surface area contributed by atoms with Crippen molar-refractivity contribution >= 4 is 11.9 Å². The number of aliphatic hydroxyl groups excluding tert-OH is 2. The van der Waals surface area contributed by atoms with E-state index < -0.39 is 11.9 Å². The second-order valence-electron chi connectivity index (χ2n) is 9.20. The Hall–Kier alpha value is -1.66. The molecule has 0 aliphatic heterocycles. The Morgan fingerprint density at radius 2 is 0.750 bits per heavy atom. The molecule has 2 saturated carbocycles. The smallest absolute Gasteiger partial charge is 0.327 e. The summed E-state index contributed by atoms with van der Waals surface area (Å²) in [5, 5.41) is 36.0. The topological polar surface area (TPSA) is 115 Å². The van der Waals surface area contributed by atoms with Crippen LogP contribution in [0.4, 0.5) is 0 Å². The number of rotatable bonds is 5. The number of aliphatic hydroxyl groups is 2. The van der Waals surface area contributed by atoms with Gasteiger partial charge in [0.15, 0.2) is 0 Å². The van der Waals surface area contributed by atoms with E-state index in [2.05, 4.69) is 13.2 Å². The number of aliphatic carboxylic acids is 2. The van der Waals surface area contributed by atoms with Gasteiger partial charge in [0, 0.05) is 36.2 Å². The summed E-state index contributed by atoms with van der Waals surface area (Å²) in [5.74, 6) is -1.96. The normalized spacial score (nSPS) is 20.9. The quantitative estimate of drug-likeness (QED) is 0.395. The SMILES string of the molecule is C=CC(=O)O.C=CC(=O)O.OCC1(C2(CO)CCCCCCCC2)CCCCCCCC1. The van der Waals surface area contributed by atoms with Gasteiger partial charge in [-0.15, -0.1) is 0 Å². The Morgan fingerprint density at radius 3 is 0.906 bits per heavy atom. The molecule has 2 rings (SSSR count). The first kappa shape index (κ1) is 30.3. The molecule has 0 unspecified atom stereocenters. The summed E-state index contributed by atoms with van der Waals surface area (Å²) >= 11 is 0. The van der Waals surface area contributed by atoms with Crippen molar-refractivity contribution in [2.24, 2.45) is 10.8 Å². The molecule has 0 aromatic rings. The summed E-state index contributed by atoms with van der Waals surface area (Å²) in [6.45, 7) is 6.49. The number of hydrogen-bond acceptors (Lipinski definition) is 4. The molecule has 4 N–H and O–H groups in total. The zero-order valence-corrected chi connectivity index (χ0v) is 19.9. The van der Waals surface area contributed by atoms with E-state index in [1.165, 1.54) is 77.0 Å². The van der Waals surface area contributed by atoms with E-state index in [-0.39, 0.29) is 24.0 Å². The van der Waals surface area contributed by atoms with Crippen LogP contribution < -0.4 is 0 Å². The monoisotopic (exact) mass is 454 g/mol. The maximum absolute atomic E-state index is 10.4. The van der Waals surface area contributed by atoms with Crippen molar-refractivity contribution in [3.63, 3.8) is 0 Å². The Kier molecular flexibility index (Phi) is 16.9. The summed E-state index contributed by atoms with van der Waals surface area (Å²) < 4.78 is 0. The van der Waals surface area contributed by atoms with E-state index in [0.717, 1.165) is 37.8 Å². The molecule has 0 aromatic carbocycles. The van der Waals surface area contributed by atoms with E-state index in [1.807, 2.05) is 0 Å². The van der Waals surface area contributed by atoms with Crippen LogP contribution in [0.3, 0.4) is 0 Å². The maximum atomic E-state index is 10.4. The van der Waals surface area contributed by atoms with Crippen LogP contribution in [0.15, 0.2) is 25.3 Å². The van der Waals surface area contributed by atoms with E-state index in [9.17, 15) is 19.8 Å². The molecule has 2 aliphatic rings. The van der Waals surface area contributed by atoms with Crippen LogP contribution in [0.25, 0.3) is 0 Å². The van der Waals surface area contributed by atoms with Crippen LogP contribution in [0, 0.1) is 10.8 Å². The molecule has 2 aliphatic carbocycles. The fourth-order valence-electron chi connectivity index (χ4n) is 5.23. The number of carboxylic acids is 2. The lowest BCUT2D eigenvalue weighted by atomic mass is 9.56. The van der Waals surface area contributed by atoms with Gasteiger partial charge >= 0.3 is 11.9 Å². The Labute approximate surface area is 194 Å². The van der Waals surface area contributed by atoms with E-state index in [1.54, 1.807) is 0 Å². The number of carbonyl (C=O) groups is 2. The third kappa shape index (κ3) is 11.3. The highest BCUT2D eigenvalue weighted by Gasteiger charge is 2.48. The summed E-state index contributed by atoms with van der Waals surface area (Å²) in [5.41, 5.74) is -0.0349. The molecule has 2 fully saturated rings. The second-order valence-corrected chi connectivity index (χ2v) is 9.20. The Balaban J connectivity index is 0.000000805. The molecular weight excluding hydrogens is 408 g/mol. The average molecular weight is 455 g/mol. The van der Waals surface area contributed by atoms with Crippen molar-refractivity contribution in [1.29, 1.82) is 0 Å². The minimum atomic E-state index is -0.981. The molecule has 0 bridgehead atoms. The Bertz CT molecular complexity index is 474. The molecule has 0 aromatic heterocycles. The fraction of sp³-hybridized carbons (Fsp3) is 0.769. The lowest BCUT2D eigenvalue weighted by Gasteiger charge is -2.50. The van der Waals surface area contributed by atoms with Gasteiger partial charge in [-0.25, -0.2) is 9.59 Å². The van der Waals surface area contributed by atoms with Crippen LogP contribution in [0.2, 0.25) is 0 Å². The van der Waals surface area contributed by atoms with Gasteiger partial charge in [0.05, 0.1) is 0 Å². The highest BCUT2D eigenvalue weighted by molar-refractivity contribution is 5.79. The van der Waals surface area contributed by atoms with Gasteiger partial charge in [-0.1, -0.05) is 90.2 Å². The van der Waals surface area contributed by atoms with Crippen LogP contribution in [-0.2, 0) is 9.59 Å². The predicted molar refractivity (Wildman–Crippen MR) is 129 cm³/mol. The lowest BCUT2D eigenvalue weighted by Crippen LogP contribution is -2.47. The standard InChI is InChI=1S/C20H38O2.2C3H4O2/c21-17-19(13-9-5-1-2-6-10-14-19)20(18-22)15-11-7-3-4-8-12-16-20;2*1-2-3(4)5/h21-22H,1-18H2;2*2H,1H2,(H,4,5). The number of carboxylic acid groups (broad SMARTS) is 2. The van der Waals surface area contributed by atoms with E-state index in [0.29, 0.717) is 0 Å². The van der Waals surface area contributed by atoms with Gasteiger partial charge in [-0.2, -0.15) is 0 Å². The van der Waals surface area contributed by atoms with Crippen molar-refractivity contribution in [2.45, 2.75) is 103 Å². The third-order valence-corrected chi connectivity index (χ3v) is 7.20. The van der Waals surface area contributed by atoms with Gasteiger partial charge in [0.2, 0.25) is 0 Å². The number of hydrogen-bond donors (Lipinski definition) is 4. The first-order valence-corrected chi connectivity index (χ1v) is 12.3. The Morgan fingerprint density at radius 1 is 0.562 bits per heavy atom. The molecule has 0 heterocycles. The molecule has 186 valence electrons. The minimum Gasteiger partial charge on any atom is -0.478 e. The van der Waals surface area contributed by atoms with Crippen molar-refractivity contribution < 1.29 is 30.0 Å². The summed E-state index contributed by atoms with van der Waals surface area (Å²) in [7, 11) is 0. The minimum absolute atomic E-state index is 0.0174. The van der Waals surface area contributed by atoms with Gasteiger partial charge in [-0.05, 0) is 25.7 Å². The van der Waals surface area contributed by atoms with Crippen molar-refractivity contribution in [3.05, 3.63) is 25.3 Å². The van der Waals surface area contributed by atoms with Gasteiger partial charge in [0.1, 0.15) is 0 Å². The van der Waals surface area contributed by atoms with Crippen molar-refractivity contribution in [2.75, 3.05) is 13.2 Å². The lowest BCUT2D eigenvalue weighted by molar-refractivity contribution is -0.132. The molecule has 6 heteroatoms. The molecule has 0 saturated heterocycles. The largest absolute Gasteiger partial charge is 0.478 e. The second kappa shape index (κ2) is 17.8. The van der Waals surface area contributed by atoms with Crippen LogP contribution in [-0.4, -0.2) is 45.6 Å². The van der Waals surface area contributed by atoms with Crippen LogP contribution in [0.1, 0.15) is 103 Å². The maximum Gasteiger partial charge on any atom is 0.327 e. The van der Waals surface area contributed by atoms with Crippen LogP contribution in [0.5, 0.6) is 0 Å². The molecule has 6 nitrogen and oxygen atoms in total. The van der Waals surface area contributed by atoms with Crippen molar-refractivity contribution in [3.8, 4) is 0 Å². The first-order chi connectivity index (χ1) is 15.3. The third-order valence-electron chi connectivity index (χ3n) is 7.20. The molecule has 0 atom stereocenters.